The van der Waals surface area contributed by atoms with Crippen molar-refractivity contribution < 1.29 is 14.7 Å². The molecule has 108 valence electrons. The van der Waals surface area contributed by atoms with Gasteiger partial charge in [-0.2, -0.15) is 5.10 Å². The zero-order valence-electron chi connectivity index (χ0n) is 11.8. The number of carboxylic acid groups (broad SMARTS) is 1. The van der Waals surface area contributed by atoms with Crippen molar-refractivity contribution in [1.82, 2.24) is 5.43 Å². The first-order chi connectivity index (χ1) is 9.49. The third-order valence-electron chi connectivity index (χ3n) is 2.58. The molecule has 0 aliphatic carbocycles. The molecule has 0 atom stereocenters. The molecule has 0 aliphatic rings. The molecular weight excluding hydrogens is 256 g/mol. The summed E-state index contributed by atoms with van der Waals surface area (Å²) in [4.78, 5) is 22.1. The lowest BCUT2D eigenvalue weighted by molar-refractivity contribution is -0.305. The summed E-state index contributed by atoms with van der Waals surface area (Å²) in [5.41, 5.74) is 3.80. The number of rotatable bonds is 7. The van der Waals surface area contributed by atoms with Gasteiger partial charge in [0, 0.05) is 12.4 Å². The second-order valence-corrected chi connectivity index (χ2v) is 4.93. The lowest BCUT2D eigenvalue weighted by atomic mass is 10.1. The van der Waals surface area contributed by atoms with E-state index in [0.29, 0.717) is 12.1 Å². The monoisotopic (exact) mass is 275 g/mol. The maximum absolute atomic E-state index is 11.6. The number of hydrogen-bond donors (Lipinski definition) is 1. The van der Waals surface area contributed by atoms with Crippen molar-refractivity contribution in [1.29, 1.82) is 0 Å². The van der Waals surface area contributed by atoms with E-state index in [1.807, 2.05) is 44.2 Å². The molecule has 0 aromatic heterocycles. The van der Waals surface area contributed by atoms with E-state index in [2.05, 4.69) is 10.5 Å². The number of hydrazone groups is 1. The summed E-state index contributed by atoms with van der Waals surface area (Å²) in [6.07, 6.45) is 0.466. The maximum Gasteiger partial charge on any atom is 0.240 e. The Hall–Kier alpha value is -2.17. The minimum atomic E-state index is -1.14. The van der Waals surface area contributed by atoms with E-state index >= 15 is 0 Å². The Morgan fingerprint density at radius 2 is 1.85 bits per heavy atom. The SMILES string of the molecule is CC(C)CC(=O)N/N=C(/CCC(=O)[O-])c1ccccc1. The first-order valence-electron chi connectivity index (χ1n) is 6.59. The van der Waals surface area contributed by atoms with Crippen LogP contribution in [0.4, 0.5) is 0 Å². The molecule has 0 saturated heterocycles. The number of carbonyl (C=O) groups is 2. The Labute approximate surface area is 118 Å². The van der Waals surface area contributed by atoms with Gasteiger partial charge in [0.1, 0.15) is 0 Å². The fourth-order valence-electron chi connectivity index (χ4n) is 1.66. The number of benzene rings is 1. The Balaban J connectivity index is 2.76. The Bertz CT molecular complexity index is 481. The summed E-state index contributed by atoms with van der Waals surface area (Å²) in [6.45, 7) is 3.88. The molecule has 1 N–H and O–H groups in total. The summed E-state index contributed by atoms with van der Waals surface area (Å²) in [5, 5.41) is 14.6. The third-order valence-corrected chi connectivity index (χ3v) is 2.58. The van der Waals surface area contributed by atoms with E-state index in [1.54, 1.807) is 0 Å². The Kier molecular flexibility index (Phi) is 6.43. The lowest BCUT2D eigenvalue weighted by Gasteiger charge is -2.09. The minimum Gasteiger partial charge on any atom is -0.550 e. The standard InChI is InChI=1S/C15H20N2O3/c1-11(2)10-14(18)17-16-13(8-9-15(19)20)12-6-4-3-5-7-12/h3-7,11H,8-10H2,1-2H3,(H,17,18)(H,19,20)/p-1/b16-13-. The molecule has 0 heterocycles. The van der Waals surface area contributed by atoms with Gasteiger partial charge in [0.25, 0.3) is 0 Å². The molecule has 0 fully saturated rings. The van der Waals surface area contributed by atoms with Crippen LogP contribution in [0.1, 0.15) is 38.7 Å². The third kappa shape index (κ3) is 6.13. The Morgan fingerprint density at radius 3 is 2.40 bits per heavy atom. The van der Waals surface area contributed by atoms with E-state index in [-0.39, 0.29) is 24.7 Å². The zero-order chi connectivity index (χ0) is 15.0. The summed E-state index contributed by atoms with van der Waals surface area (Å²) < 4.78 is 0. The van der Waals surface area contributed by atoms with Crippen molar-refractivity contribution in [2.75, 3.05) is 0 Å². The molecule has 20 heavy (non-hydrogen) atoms. The largest absolute Gasteiger partial charge is 0.550 e. The molecule has 1 aromatic rings. The molecular formula is C15H19N2O3-. The van der Waals surface area contributed by atoms with Crippen molar-refractivity contribution in [3.63, 3.8) is 0 Å². The van der Waals surface area contributed by atoms with Gasteiger partial charge in [-0.25, -0.2) is 5.43 Å². The van der Waals surface area contributed by atoms with Crippen molar-refractivity contribution in [2.45, 2.75) is 33.1 Å². The van der Waals surface area contributed by atoms with Gasteiger partial charge in [0.05, 0.1) is 5.71 Å². The lowest BCUT2D eigenvalue weighted by Crippen LogP contribution is -2.25. The van der Waals surface area contributed by atoms with E-state index in [0.717, 1.165) is 5.56 Å². The molecule has 1 rings (SSSR count). The van der Waals surface area contributed by atoms with Gasteiger partial charge in [-0.1, -0.05) is 44.2 Å². The van der Waals surface area contributed by atoms with E-state index in [1.165, 1.54) is 0 Å². The summed E-state index contributed by atoms with van der Waals surface area (Å²) in [5.74, 6) is -1.07. The molecule has 0 unspecified atom stereocenters. The van der Waals surface area contributed by atoms with Gasteiger partial charge >= 0.3 is 0 Å². The zero-order valence-corrected chi connectivity index (χ0v) is 11.8. The maximum atomic E-state index is 11.6. The number of aliphatic carboxylic acids is 1. The van der Waals surface area contributed by atoms with Gasteiger partial charge in [-0.15, -0.1) is 0 Å². The van der Waals surface area contributed by atoms with Gasteiger partial charge in [-0.05, 0) is 24.3 Å². The quantitative estimate of drug-likeness (QED) is 0.597. The normalized spacial score (nSPS) is 11.4. The minimum absolute atomic E-state index is 0.131. The fraction of sp³-hybridized carbons (Fsp3) is 0.400. The Morgan fingerprint density at radius 1 is 1.20 bits per heavy atom. The van der Waals surface area contributed by atoms with E-state index < -0.39 is 5.97 Å². The molecule has 0 spiro atoms. The first-order valence-corrected chi connectivity index (χ1v) is 6.59. The van der Waals surface area contributed by atoms with Crippen LogP contribution in [0.5, 0.6) is 0 Å². The molecule has 1 amide bonds. The highest BCUT2D eigenvalue weighted by Gasteiger charge is 2.07. The van der Waals surface area contributed by atoms with Gasteiger partial charge in [0.15, 0.2) is 0 Å². The van der Waals surface area contributed by atoms with Crippen molar-refractivity contribution in [3.8, 4) is 0 Å². The summed E-state index contributed by atoms with van der Waals surface area (Å²) >= 11 is 0. The van der Waals surface area contributed by atoms with Crippen LogP contribution in [0.3, 0.4) is 0 Å². The van der Waals surface area contributed by atoms with Crippen LogP contribution in [0.25, 0.3) is 0 Å². The van der Waals surface area contributed by atoms with E-state index in [9.17, 15) is 14.7 Å². The number of nitrogens with one attached hydrogen (secondary N) is 1. The van der Waals surface area contributed by atoms with Crippen LogP contribution in [0, 0.1) is 5.92 Å². The topological polar surface area (TPSA) is 81.6 Å². The predicted molar refractivity (Wildman–Crippen MR) is 74.8 cm³/mol. The summed E-state index contributed by atoms with van der Waals surface area (Å²) in [6, 6.07) is 9.17. The second kappa shape index (κ2) is 8.09. The molecule has 5 nitrogen and oxygen atoms in total. The number of nitrogens with zero attached hydrogens (tertiary/aromatic N) is 1. The average Bonchev–Trinajstić information content (AvgIpc) is 2.38. The molecule has 0 bridgehead atoms. The van der Waals surface area contributed by atoms with Gasteiger partial charge in [0.2, 0.25) is 5.91 Å². The predicted octanol–water partition coefficient (Wildman–Crippen LogP) is 1.08. The average molecular weight is 275 g/mol. The molecule has 1 aromatic carbocycles. The van der Waals surface area contributed by atoms with E-state index in [4.69, 9.17) is 0 Å². The second-order valence-electron chi connectivity index (χ2n) is 4.93. The number of carboxylic acids is 1. The molecule has 0 radical (unpaired) electrons. The fourth-order valence-corrected chi connectivity index (χ4v) is 1.66. The first kappa shape index (κ1) is 15.9. The van der Waals surface area contributed by atoms with Crippen LogP contribution < -0.4 is 10.5 Å². The molecule has 0 aliphatic heterocycles. The van der Waals surface area contributed by atoms with Crippen LogP contribution in [-0.4, -0.2) is 17.6 Å². The summed E-state index contributed by atoms with van der Waals surface area (Å²) in [7, 11) is 0. The number of amides is 1. The highest BCUT2D eigenvalue weighted by Crippen LogP contribution is 2.06. The van der Waals surface area contributed by atoms with Crippen LogP contribution in [-0.2, 0) is 9.59 Å². The highest BCUT2D eigenvalue weighted by molar-refractivity contribution is 6.02. The molecule has 0 saturated carbocycles. The smallest absolute Gasteiger partial charge is 0.240 e. The van der Waals surface area contributed by atoms with Crippen molar-refractivity contribution in [2.24, 2.45) is 11.0 Å². The molecule has 5 heteroatoms. The highest BCUT2D eigenvalue weighted by atomic mass is 16.4. The van der Waals surface area contributed by atoms with Gasteiger partial charge in [-0.3, -0.25) is 4.79 Å². The number of hydrogen-bond acceptors (Lipinski definition) is 4. The van der Waals surface area contributed by atoms with Crippen molar-refractivity contribution in [3.05, 3.63) is 35.9 Å². The van der Waals surface area contributed by atoms with Crippen molar-refractivity contribution >= 4 is 17.6 Å². The van der Waals surface area contributed by atoms with Crippen LogP contribution in [0.2, 0.25) is 0 Å². The van der Waals surface area contributed by atoms with Crippen LogP contribution in [0.15, 0.2) is 35.4 Å². The van der Waals surface area contributed by atoms with Crippen LogP contribution >= 0.6 is 0 Å². The number of carbonyl (C=O) groups excluding carboxylic acids is 2. The van der Waals surface area contributed by atoms with Gasteiger partial charge < -0.3 is 9.90 Å².